The average Bonchev–Trinajstić information content (AvgIpc) is 2.81. The zero-order chi connectivity index (χ0) is 16.8. The van der Waals surface area contributed by atoms with E-state index in [1.807, 2.05) is 20.8 Å². The molecule has 6 nitrogen and oxygen atoms in total. The number of nitrogens with zero attached hydrogens (tertiary/aromatic N) is 2. The maximum atomic E-state index is 11.9. The lowest BCUT2D eigenvalue weighted by atomic mass is 10.2. The first-order chi connectivity index (χ1) is 11.0. The zero-order valence-corrected chi connectivity index (χ0v) is 15.1. The van der Waals surface area contributed by atoms with Crippen molar-refractivity contribution in [2.75, 3.05) is 12.3 Å². The number of carbonyl (C=O) groups excluding carboxylic acids is 2. The lowest BCUT2D eigenvalue weighted by Gasteiger charge is -2.06. The Labute approximate surface area is 143 Å². The molecule has 2 heterocycles. The molecule has 0 bridgehead atoms. The summed E-state index contributed by atoms with van der Waals surface area (Å²) in [7, 11) is 0. The Hall–Kier alpha value is -1.67. The Morgan fingerprint density at radius 1 is 1.30 bits per heavy atom. The maximum Gasteiger partial charge on any atom is 0.321 e. The van der Waals surface area contributed by atoms with Crippen molar-refractivity contribution < 1.29 is 9.59 Å². The molecular weight excluding hydrogens is 332 g/mol. The monoisotopic (exact) mass is 352 g/mol. The summed E-state index contributed by atoms with van der Waals surface area (Å²) in [5, 5.41) is 6.75. The van der Waals surface area contributed by atoms with E-state index in [1.54, 1.807) is 11.3 Å². The number of hydrogen-bond acceptors (Lipinski definition) is 6. The number of rotatable bonds is 6. The normalized spacial score (nSPS) is 10.7. The highest BCUT2D eigenvalue weighted by atomic mass is 32.2. The molecule has 2 aromatic rings. The lowest BCUT2D eigenvalue weighted by molar-refractivity contribution is -0.117. The number of amides is 3. The Bertz CT molecular complexity index is 715. The summed E-state index contributed by atoms with van der Waals surface area (Å²) in [6, 6.07) is -0.445. The number of carbonyl (C=O) groups is 2. The number of nitrogens with one attached hydrogen (secondary N) is 2. The van der Waals surface area contributed by atoms with Crippen molar-refractivity contribution in [3.05, 3.63) is 16.8 Å². The standard InChI is InChI=1S/C15H20N4O2S2/c1-4-5-6-16-15(21)19-11(20)7-22-13-12-9(2)10(3)23-14(12)18-8-17-13/h8H,4-7H2,1-3H3,(H2,16,19,20,21). The first kappa shape index (κ1) is 17.7. The minimum Gasteiger partial charge on any atom is -0.338 e. The van der Waals surface area contributed by atoms with E-state index < -0.39 is 6.03 Å². The Morgan fingerprint density at radius 2 is 2.09 bits per heavy atom. The fraction of sp³-hybridized carbons (Fsp3) is 0.467. The largest absolute Gasteiger partial charge is 0.338 e. The first-order valence-electron chi connectivity index (χ1n) is 7.44. The van der Waals surface area contributed by atoms with Crippen molar-refractivity contribution in [1.82, 2.24) is 20.6 Å². The zero-order valence-electron chi connectivity index (χ0n) is 13.4. The van der Waals surface area contributed by atoms with Gasteiger partial charge in [0, 0.05) is 16.8 Å². The van der Waals surface area contributed by atoms with Crippen molar-refractivity contribution in [1.29, 1.82) is 0 Å². The second-order valence-electron chi connectivity index (χ2n) is 5.09. The molecule has 23 heavy (non-hydrogen) atoms. The molecule has 0 radical (unpaired) electrons. The molecule has 0 aromatic carbocycles. The molecule has 0 saturated carbocycles. The molecular formula is C15H20N4O2S2. The van der Waals surface area contributed by atoms with Crippen LogP contribution in [0.25, 0.3) is 10.2 Å². The summed E-state index contributed by atoms with van der Waals surface area (Å²) in [5.41, 5.74) is 1.14. The molecule has 0 atom stereocenters. The smallest absolute Gasteiger partial charge is 0.321 e. The van der Waals surface area contributed by atoms with Gasteiger partial charge in [0.05, 0.1) is 5.75 Å². The third kappa shape index (κ3) is 4.65. The van der Waals surface area contributed by atoms with Gasteiger partial charge in [0.2, 0.25) is 5.91 Å². The van der Waals surface area contributed by atoms with Gasteiger partial charge >= 0.3 is 6.03 Å². The van der Waals surface area contributed by atoms with E-state index in [1.165, 1.54) is 23.0 Å². The van der Waals surface area contributed by atoms with E-state index in [4.69, 9.17) is 0 Å². The van der Waals surface area contributed by atoms with E-state index in [2.05, 4.69) is 20.6 Å². The Balaban J connectivity index is 1.93. The van der Waals surface area contributed by atoms with Crippen LogP contribution >= 0.6 is 23.1 Å². The van der Waals surface area contributed by atoms with Crippen molar-refractivity contribution in [3.8, 4) is 0 Å². The van der Waals surface area contributed by atoms with E-state index in [0.29, 0.717) is 6.54 Å². The van der Waals surface area contributed by atoms with Gasteiger partial charge in [-0.15, -0.1) is 11.3 Å². The van der Waals surface area contributed by atoms with Gasteiger partial charge in [-0.05, 0) is 25.8 Å². The molecule has 8 heteroatoms. The summed E-state index contributed by atoms with van der Waals surface area (Å²) in [5.74, 6) is -0.192. The second-order valence-corrected chi connectivity index (χ2v) is 7.26. The van der Waals surface area contributed by atoms with Crippen LogP contribution in [0.4, 0.5) is 4.79 Å². The number of thiophene rings is 1. The van der Waals surface area contributed by atoms with Crippen LogP contribution < -0.4 is 10.6 Å². The molecule has 0 fully saturated rings. The minimum absolute atomic E-state index is 0.141. The van der Waals surface area contributed by atoms with Gasteiger partial charge in [0.1, 0.15) is 16.2 Å². The van der Waals surface area contributed by atoms with Crippen LogP contribution in [0.1, 0.15) is 30.2 Å². The van der Waals surface area contributed by atoms with Crippen molar-refractivity contribution >= 4 is 45.3 Å². The summed E-state index contributed by atoms with van der Waals surface area (Å²) in [6.07, 6.45) is 3.40. The van der Waals surface area contributed by atoms with Crippen LogP contribution in [0.15, 0.2) is 11.4 Å². The Morgan fingerprint density at radius 3 is 2.83 bits per heavy atom. The molecule has 124 valence electrons. The fourth-order valence-electron chi connectivity index (χ4n) is 1.98. The number of aromatic nitrogens is 2. The molecule has 0 saturated heterocycles. The van der Waals surface area contributed by atoms with Crippen molar-refractivity contribution in [2.24, 2.45) is 0 Å². The Kier molecular flexibility index (Phi) is 6.35. The van der Waals surface area contributed by atoms with Crippen LogP contribution in [-0.4, -0.2) is 34.2 Å². The molecule has 3 amide bonds. The number of aryl methyl sites for hydroxylation is 2. The summed E-state index contributed by atoms with van der Waals surface area (Å²) < 4.78 is 0. The predicted molar refractivity (Wildman–Crippen MR) is 94.1 cm³/mol. The topological polar surface area (TPSA) is 84.0 Å². The van der Waals surface area contributed by atoms with Crippen LogP contribution in [0.5, 0.6) is 0 Å². The maximum absolute atomic E-state index is 11.9. The number of unbranched alkanes of at least 4 members (excludes halogenated alkanes) is 1. The van der Waals surface area contributed by atoms with E-state index >= 15 is 0 Å². The third-order valence-corrected chi connectivity index (χ3v) is 5.44. The van der Waals surface area contributed by atoms with E-state index in [9.17, 15) is 9.59 Å². The molecule has 2 aromatic heterocycles. The minimum atomic E-state index is -0.445. The van der Waals surface area contributed by atoms with E-state index in [0.717, 1.165) is 33.6 Å². The van der Waals surface area contributed by atoms with Gasteiger partial charge in [-0.25, -0.2) is 14.8 Å². The average molecular weight is 352 g/mol. The highest BCUT2D eigenvalue weighted by Gasteiger charge is 2.14. The summed E-state index contributed by atoms with van der Waals surface area (Å²) >= 11 is 2.94. The highest BCUT2D eigenvalue weighted by molar-refractivity contribution is 8.00. The first-order valence-corrected chi connectivity index (χ1v) is 9.24. The molecule has 0 aliphatic carbocycles. The van der Waals surface area contributed by atoms with Crippen molar-refractivity contribution in [2.45, 2.75) is 38.6 Å². The molecule has 0 unspecified atom stereocenters. The number of thioether (sulfide) groups is 1. The van der Waals surface area contributed by atoms with Crippen molar-refractivity contribution in [3.63, 3.8) is 0 Å². The van der Waals surface area contributed by atoms with Gasteiger partial charge in [-0.2, -0.15) is 0 Å². The van der Waals surface area contributed by atoms with Gasteiger partial charge in [0.25, 0.3) is 0 Å². The van der Waals surface area contributed by atoms with Crippen LogP contribution in [0.3, 0.4) is 0 Å². The molecule has 2 N–H and O–H groups in total. The second kappa shape index (κ2) is 8.26. The SMILES string of the molecule is CCCCNC(=O)NC(=O)CSc1ncnc2sc(C)c(C)c12. The lowest BCUT2D eigenvalue weighted by Crippen LogP contribution is -2.40. The number of urea groups is 1. The van der Waals surface area contributed by atoms with Crippen LogP contribution in [0.2, 0.25) is 0 Å². The predicted octanol–water partition coefficient (Wildman–Crippen LogP) is 3.03. The van der Waals surface area contributed by atoms with Gasteiger partial charge < -0.3 is 5.32 Å². The van der Waals surface area contributed by atoms with Gasteiger partial charge in [-0.1, -0.05) is 25.1 Å². The molecule has 0 spiro atoms. The quantitative estimate of drug-likeness (QED) is 0.474. The highest BCUT2D eigenvalue weighted by Crippen LogP contribution is 2.34. The number of hydrogen-bond donors (Lipinski definition) is 2. The molecule has 0 aliphatic heterocycles. The molecule has 2 rings (SSSR count). The summed E-state index contributed by atoms with van der Waals surface area (Å²) in [6.45, 7) is 6.69. The molecule has 0 aliphatic rings. The van der Waals surface area contributed by atoms with E-state index in [-0.39, 0.29) is 11.7 Å². The van der Waals surface area contributed by atoms with Crippen LogP contribution in [0, 0.1) is 13.8 Å². The van der Waals surface area contributed by atoms with Gasteiger partial charge in [0.15, 0.2) is 0 Å². The van der Waals surface area contributed by atoms with Crippen LogP contribution in [-0.2, 0) is 4.79 Å². The number of fused-ring (bicyclic) bond motifs is 1. The summed E-state index contributed by atoms with van der Waals surface area (Å²) in [4.78, 5) is 34.0. The fourth-order valence-corrected chi connectivity index (χ4v) is 3.90. The number of imide groups is 1. The van der Waals surface area contributed by atoms with Gasteiger partial charge in [-0.3, -0.25) is 10.1 Å². The third-order valence-electron chi connectivity index (χ3n) is 3.34.